The van der Waals surface area contributed by atoms with Crippen molar-refractivity contribution in [2.45, 2.75) is 6.42 Å². The molecule has 14 heavy (non-hydrogen) atoms. The summed E-state index contributed by atoms with van der Waals surface area (Å²) in [6.07, 6.45) is 1.77. The van der Waals surface area contributed by atoms with E-state index in [0.717, 1.165) is 0 Å². The van der Waals surface area contributed by atoms with Gasteiger partial charge < -0.3 is 9.84 Å². The maximum atomic E-state index is 10.7. The SMILES string of the molecule is COC(=O)[CH-]Cc1ccccc1O.[Pd]. The van der Waals surface area contributed by atoms with E-state index in [2.05, 4.69) is 4.74 Å². The van der Waals surface area contributed by atoms with Gasteiger partial charge in [-0.1, -0.05) is 18.2 Å². The molecule has 0 saturated carbocycles. The molecule has 0 heterocycles. The number of para-hydroxylation sites is 1. The number of hydrogen-bond donors (Lipinski definition) is 1. The zero-order valence-electron chi connectivity index (χ0n) is 7.67. The molecule has 1 aromatic rings. The van der Waals surface area contributed by atoms with E-state index in [-0.39, 0.29) is 32.1 Å². The van der Waals surface area contributed by atoms with Crippen LogP contribution < -0.4 is 0 Å². The van der Waals surface area contributed by atoms with Crippen LogP contribution in [0.5, 0.6) is 5.75 Å². The smallest absolute Gasteiger partial charge is 0.166 e. The third-order valence-electron chi connectivity index (χ3n) is 1.68. The van der Waals surface area contributed by atoms with Crippen molar-refractivity contribution >= 4 is 5.97 Å². The van der Waals surface area contributed by atoms with E-state index in [1.807, 2.05) is 0 Å². The average molecular weight is 286 g/mol. The van der Waals surface area contributed by atoms with Gasteiger partial charge in [-0.05, 0) is 11.6 Å². The van der Waals surface area contributed by atoms with E-state index in [9.17, 15) is 9.90 Å². The Morgan fingerprint density at radius 2 is 2.14 bits per heavy atom. The Morgan fingerprint density at radius 1 is 1.50 bits per heavy atom. The molecule has 1 aromatic carbocycles. The first kappa shape index (κ1) is 13.0. The van der Waals surface area contributed by atoms with Gasteiger partial charge in [-0.25, -0.2) is 0 Å². The molecule has 0 radical (unpaired) electrons. The molecule has 0 aromatic heterocycles. The molecule has 0 unspecified atom stereocenters. The van der Waals surface area contributed by atoms with Gasteiger partial charge in [0.15, 0.2) is 5.97 Å². The molecule has 0 atom stereocenters. The van der Waals surface area contributed by atoms with Crippen molar-refractivity contribution in [2.24, 2.45) is 0 Å². The van der Waals surface area contributed by atoms with Gasteiger partial charge in [0.05, 0.1) is 7.11 Å². The molecule has 0 spiro atoms. The molecule has 0 aliphatic carbocycles. The number of hydrogen-bond acceptors (Lipinski definition) is 3. The van der Waals surface area contributed by atoms with Gasteiger partial charge in [0, 0.05) is 20.4 Å². The van der Waals surface area contributed by atoms with Crippen molar-refractivity contribution in [3.05, 3.63) is 36.2 Å². The maximum absolute atomic E-state index is 10.7. The van der Waals surface area contributed by atoms with E-state index in [1.165, 1.54) is 13.5 Å². The number of rotatable bonds is 3. The second kappa shape index (κ2) is 6.47. The number of carbonyl (C=O) groups excluding carboxylic acids is 1. The summed E-state index contributed by atoms with van der Waals surface area (Å²) in [5, 5.41) is 9.32. The second-order valence-corrected chi connectivity index (χ2v) is 2.56. The number of benzene rings is 1. The molecule has 3 nitrogen and oxygen atoms in total. The Hall–Kier alpha value is -0.978. The van der Waals surface area contributed by atoms with Crippen molar-refractivity contribution in [3.63, 3.8) is 0 Å². The minimum absolute atomic E-state index is 0. The number of ether oxygens (including phenoxy) is 1. The molecule has 0 saturated heterocycles. The van der Waals surface area contributed by atoms with E-state index >= 15 is 0 Å². The van der Waals surface area contributed by atoms with Crippen molar-refractivity contribution < 1.29 is 35.1 Å². The summed E-state index contributed by atoms with van der Waals surface area (Å²) in [6, 6.07) is 6.88. The van der Waals surface area contributed by atoms with Crippen LogP contribution >= 0.6 is 0 Å². The molecule has 0 aliphatic rings. The quantitative estimate of drug-likeness (QED) is 0.517. The van der Waals surface area contributed by atoms with Gasteiger partial charge in [-0.3, -0.25) is 11.2 Å². The van der Waals surface area contributed by atoms with Crippen molar-refractivity contribution in [1.29, 1.82) is 0 Å². The fourth-order valence-electron chi connectivity index (χ4n) is 0.960. The summed E-state index contributed by atoms with van der Waals surface area (Å²) in [5.41, 5.74) is 0.716. The van der Waals surface area contributed by atoms with Crippen molar-refractivity contribution in [3.8, 4) is 5.75 Å². The standard InChI is InChI=1S/C10H11O3.Pd/c1-13-10(12)7-6-8-4-2-3-5-9(8)11;/h2-5,7,11H,6H2,1H3;/q-1;. The molecule has 0 fully saturated rings. The Bertz CT molecular complexity index is 299. The van der Waals surface area contributed by atoms with Crippen LogP contribution in [-0.2, 0) is 36.4 Å². The number of aromatic hydroxyl groups is 1. The van der Waals surface area contributed by atoms with Crippen molar-refractivity contribution in [1.82, 2.24) is 0 Å². The molecule has 0 bridgehead atoms. The van der Waals surface area contributed by atoms with Crippen LogP contribution in [0, 0.1) is 6.42 Å². The van der Waals surface area contributed by atoms with Crippen LogP contribution in [0.4, 0.5) is 0 Å². The number of phenols is 1. The number of esters is 1. The molecule has 80 valence electrons. The normalized spacial score (nSPS) is 8.64. The number of methoxy groups -OCH3 is 1. The van der Waals surface area contributed by atoms with Gasteiger partial charge in [0.1, 0.15) is 5.75 Å². The molecular weight excluding hydrogens is 275 g/mol. The zero-order valence-corrected chi connectivity index (χ0v) is 9.23. The third kappa shape index (κ3) is 3.82. The Morgan fingerprint density at radius 3 is 2.71 bits per heavy atom. The van der Waals surface area contributed by atoms with Gasteiger partial charge in [-0.2, -0.15) is 0 Å². The Balaban J connectivity index is 0.00000169. The van der Waals surface area contributed by atoms with Gasteiger partial charge >= 0.3 is 0 Å². The first-order valence-electron chi connectivity index (χ1n) is 3.92. The van der Waals surface area contributed by atoms with Crippen LogP contribution in [0.25, 0.3) is 0 Å². The van der Waals surface area contributed by atoms with Crippen LogP contribution in [0.3, 0.4) is 0 Å². The van der Waals surface area contributed by atoms with E-state index in [4.69, 9.17) is 0 Å². The fraction of sp³-hybridized carbons (Fsp3) is 0.200. The topological polar surface area (TPSA) is 46.5 Å². The zero-order chi connectivity index (χ0) is 9.68. The molecule has 1 N–H and O–H groups in total. The summed E-state index contributed by atoms with van der Waals surface area (Å²) < 4.78 is 4.44. The van der Waals surface area contributed by atoms with Gasteiger partial charge in [-0.15, -0.1) is 6.42 Å². The molecule has 1 rings (SSSR count). The van der Waals surface area contributed by atoms with E-state index < -0.39 is 0 Å². The number of carbonyl (C=O) groups is 1. The fourth-order valence-corrected chi connectivity index (χ4v) is 0.960. The predicted octanol–water partition coefficient (Wildman–Crippen LogP) is 1.31. The first-order chi connectivity index (χ1) is 6.24. The Kier molecular flexibility index (Phi) is 6.02. The van der Waals surface area contributed by atoms with E-state index in [0.29, 0.717) is 12.0 Å². The maximum Gasteiger partial charge on any atom is 0.166 e. The largest absolute Gasteiger partial charge is 0.508 e. The van der Waals surface area contributed by atoms with Crippen LogP contribution in [0.15, 0.2) is 24.3 Å². The molecule has 0 amide bonds. The molecular formula is C10H11O3Pd-. The van der Waals surface area contributed by atoms with Crippen LogP contribution in [0.1, 0.15) is 5.56 Å². The minimum Gasteiger partial charge on any atom is -0.508 e. The first-order valence-corrected chi connectivity index (χ1v) is 3.92. The monoisotopic (exact) mass is 285 g/mol. The van der Waals surface area contributed by atoms with Crippen molar-refractivity contribution in [2.75, 3.05) is 7.11 Å². The number of phenolic OH excluding ortho intramolecular Hbond substituents is 1. The van der Waals surface area contributed by atoms with Gasteiger partial charge in [0.2, 0.25) is 0 Å². The molecule has 4 heteroatoms. The summed E-state index contributed by atoms with van der Waals surface area (Å²) >= 11 is 0. The Labute approximate surface area is 96.7 Å². The average Bonchev–Trinajstić information content (AvgIpc) is 2.16. The minimum atomic E-state index is -0.386. The predicted molar refractivity (Wildman–Crippen MR) is 48.1 cm³/mol. The summed E-state index contributed by atoms with van der Waals surface area (Å²) in [7, 11) is 1.32. The van der Waals surface area contributed by atoms with Gasteiger partial charge in [0.25, 0.3) is 0 Å². The van der Waals surface area contributed by atoms with Crippen LogP contribution in [-0.4, -0.2) is 18.2 Å². The summed E-state index contributed by atoms with van der Waals surface area (Å²) in [5.74, 6) is -0.189. The molecule has 0 aliphatic heterocycles. The van der Waals surface area contributed by atoms with E-state index in [1.54, 1.807) is 24.3 Å². The van der Waals surface area contributed by atoms with Crippen LogP contribution in [0.2, 0.25) is 0 Å². The second-order valence-electron chi connectivity index (χ2n) is 2.56. The third-order valence-corrected chi connectivity index (χ3v) is 1.68. The summed E-state index contributed by atoms with van der Waals surface area (Å²) in [6.45, 7) is 0. The summed E-state index contributed by atoms with van der Waals surface area (Å²) in [4.78, 5) is 10.7.